The van der Waals surface area contributed by atoms with Gasteiger partial charge in [-0.2, -0.15) is 0 Å². The van der Waals surface area contributed by atoms with Crippen molar-refractivity contribution < 1.29 is 8.78 Å². The molecular formula is C9H13F2NS. The van der Waals surface area contributed by atoms with Gasteiger partial charge in [0.05, 0.1) is 4.88 Å². The number of aryl methyl sites for hydroxylation is 1. The Labute approximate surface area is 80.6 Å². The lowest BCUT2D eigenvalue weighted by atomic mass is 10.1. The van der Waals surface area contributed by atoms with Gasteiger partial charge >= 0.3 is 0 Å². The summed E-state index contributed by atoms with van der Waals surface area (Å²) in [7, 11) is 0. The van der Waals surface area contributed by atoms with Crippen LogP contribution in [-0.2, 0) is 12.3 Å². The van der Waals surface area contributed by atoms with Crippen molar-refractivity contribution in [3.05, 3.63) is 21.9 Å². The van der Waals surface area contributed by atoms with Gasteiger partial charge in [-0.25, -0.2) is 8.78 Å². The highest BCUT2D eigenvalue weighted by Crippen LogP contribution is 2.37. The molecule has 1 nitrogen and oxygen atoms in total. The van der Waals surface area contributed by atoms with Crippen LogP contribution in [0.5, 0.6) is 0 Å². The molecule has 0 aromatic carbocycles. The molecule has 0 fully saturated rings. The zero-order valence-electron chi connectivity index (χ0n) is 7.52. The van der Waals surface area contributed by atoms with Crippen LogP contribution in [0, 0.1) is 0 Å². The van der Waals surface area contributed by atoms with E-state index >= 15 is 0 Å². The van der Waals surface area contributed by atoms with Crippen molar-refractivity contribution in [2.45, 2.75) is 25.7 Å². The summed E-state index contributed by atoms with van der Waals surface area (Å²) in [5.41, 5.74) is 5.88. The summed E-state index contributed by atoms with van der Waals surface area (Å²) in [5.74, 6) is -2.74. The van der Waals surface area contributed by atoms with E-state index in [0.717, 1.165) is 16.9 Å². The van der Waals surface area contributed by atoms with E-state index < -0.39 is 5.92 Å². The minimum atomic E-state index is -2.74. The number of hydrogen-bond acceptors (Lipinski definition) is 2. The van der Waals surface area contributed by atoms with E-state index in [1.807, 2.05) is 6.92 Å². The predicted octanol–water partition coefficient (Wildman–Crippen LogP) is 2.75. The molecule has 13 heavy (non-hydrogen) atoms. The maximum atomic E-state index is 13.4. The Kier molecular flexibility index (Phi) is 3.39. The van der Waals surface area contributed by atoms with Crippen LogP contribution in [-0.4, -0.2) is 6.54 Å². The Balaban J connectivity index is 2.91. The van der Waals surface area contributed by atoms with E-state index in [2.05, 4.69) is 0 Å². The average molecular weight is 205 g/mol. The predicted molar refractivity (Wildman–Crippen MR) is 51.3 cm³/mol. The molecule has 0 aliphatic carbocycles. The first-order chi connectivity index (χ1) is 6.11. The third-order valence-electron chi connectivity index (χ3n) is 1.92. The van der Waals surface area contributed by atoms with Gasteiger partial charge in [0.25, 0.3) is 5.92 Å². The number of hydrogen-bond donors (Lipinski definition) is 1. The van der Waals surface area contributed by atoms with Crippen molar-refractivity contribution in [1.29, 1.82) is 0 Å². The molecule has 0 aliphatic heterocycles. The SMILES string of the molecule is CCc1ccsc1C(F)(F)CCN. The summed E-state index contributed by atoms with van der Waals surface area (Å²) >= 11 is 1.12. The van der Waals surface area contributed by atoms with E-state index in [1.54, 1.807) is 11.4 Å². The summed E-state index contributed by atoms with van der Waals surface area (Å²) < 4.78 is 26.7. The molecule has 0 aliphatic rings. The quantitative estimate of drug-likeness (QED) is 0.803. The van der Waals surface area contributed by atoms with Crippen molar-refractivity contribution >= 4 is 11.3 Å². The smallest absolute Gasteiger partial charge is 0.283 e. The summed E-state index contributed by atoms with van der Waals surface area (Å²) in [6, 6.07) is 1.75. The van der Waals surface area contributed by atoms with Crippen molar-refractivity contribution in [2.24, 2.45) is 5.73 Å². The summed E-state index contributed by atoms with van der Waals surface area (Å²) in [5, 5.41) is 1.71. The van der Waals surface area contributed by atoms with E-state index in [-0.39, 0.29) is 17.8 Å². The van der Waals surface area contributed by atoms with Gasteiger partial charge < -0.3 is 5.73 Å². The molecule has 0 saturated carbocycles. The van der Waals surface area contributed by atoms with Gasteiger partial charge in [-0.05, 0) is 30.0 Å². The normalized spacial score (nSPS) is 12.0. The molecular weight excluding hydrogens is 192 g/mol. The van der Waals surface area contributed by atoms with E-state index in [0.29, 0.717) is 6.42 Å². The lowest BCUT2D eigenvalue weighted by Crippen LogP contribution is -2.18. The molecule has 0 radical (unpaired) electrons. The molecule has 1 rings (SSSR count). The summed E-state index contributed by atoms with van der Waals surface area (Å²) in [6.45, 7) is 1.90. The fourth-order valence-electron chi connectivity index (χ4n) is 1.23. The number of nitrogens with two attached hydrogens (primary N) is 1. The number of alkyl halides is 2. The van der Waals surface area contributed by atoms with Crippen LogP contribution in [0.4, 0.5) is 8.78 Å². The van der Waals surface area contributed by atoms with Crippen LogP contribution in [0.25, 0.3) is 0 Å². The zero-order valence-corrected chi connectivity index (χ0v) is 8.33. The molecule has 1 heterocycles. The van der Waals surface area contributed by atoms with Crippen LogP contribution < -0.4 is 5.73 Å². The monoisotopic (exact) mass is 205 g/mol. The zero-order chi connectivity index (χ0) is 9.90. The van der Waals surface area contributed by atoms with Crippen LogP contribution in [0.2, 0.25) is 0 Å². The third-order valence-corrected chi connectivity index (χ3v) is 2.99. The molecule has 0 atom stereocenters. The van der Waals surface area contributed by atoms with Crippen LogP contribution in [0.1, 0.15) is 23.8 Å². The summed E-state index contributed by atoms with van der Waals surface area (Å²) in [4.78, 5) is 0.181. The van der Waals surface area contributed by atoms with Gasteiger partial charge in [-0.1, -0.05) is 6.92 Å². The molecule has 1 aromatic heterocycles. The minimum absolute atomic E-state index is 0.0219. The van der Waals surface area contributed by atoms with Gasteiger partial charge in [0.15, 0.2) is 0 Å². The Bertz CT molecular complexity index is 270. The molecule has 0 bridgehead atoms. The molecule has 2 N–H and O–H groups in total. The highest BCUT2D eigenvalue weighted by Gasteiger charge is 2.33. The molecule has 0 unspecified atom stereocenters. The maximum absolute atomic E-state index is 13.4. The standard InChI is InChI=1S/C9H13F2NS/c1-2-7-3-6-13-8(7)9(10,11)4-5-12/h3,6H,2,4-5,12H2,1H3. The van der Waals surface area contributed by atoms with Gasteiger partial charge in [-0.3, -0.25) is 0 Å². The van der Waals surface area contributed by atoms with Crippen molar-refractivity contribution in [2.75, 3.05) is 6.54 Å². The first-order valence-electron chi connectivity index (χ1n) is 4.26. The van der Waals surface area contributed by atoms with Gasteiger partial charge in [0.2, 0.25) is 0 Å². The fourth-order valence-corrected chi connectivity index (χ4v) is 2.24. The molecule has 1 aromatic rings. The largest absolute Gasteiger partial charge is 0.330 e. The molecule has 74 valence electrons. The fraction of sp³-hybridized carbons (Fsp3) is 0.556. The number of halogens is 2. The molecule has 0 spiro atoms. The number of rotatable bonds is 4. The third kappa shape index (κ3) is 2.25. The molecule has 4 heteroatoms. The topological polar surface area (TPSA) is 26.0 Å². The lowest BCUT2D eigenvalue weighted by Gasteiger charge is -2.15. The Morgan fingerprint density at radius 2 is 2.23 bits per heavy atom. The van der Waals surface area contributed by atoms with Crippen LogP contribution in [0.3, 0.4) is 0 Å². The second kappa shape index (κ2) is 4.15. The van der Waals surface area contributed by atoms with Crippen LogP contribution in [0.15, 0.2) is 11.4 Å². The highest BCUT2D eigenvalue weighted by molar-refractivity contribution is 7.10. The maximum Gasteiger partial charge on any atom is 0.283 e. The Hall–Kier alpha value is -0.480. The highest BCUT2D eigenvalue weighted by atomic mass is 32.1. The Morgan fingerprint density at radius 3 is 2.77 bits per heavy atom. The lowest BCUT2D eigenvalue weighted by molar-refractivity contribution is -0.00756. The van der Waals surface area contributed by atoms with Crippen molar-refractivity contribution in [1.82, 2.24) is 0 Å². The Morgan fingerprint density at radius 1 is 1.54 bits per heavy atom. The van der Waals surface area contributed by atoms with Crippen molar-refractivity contribution in [3.63, 3.8) is 0 Å². The second-order valence-corrected chi connectivity index (χ2v) is 3.79. The van der Waals surface area contributed by atoms with E-state index in [1.165, 1.54) is 0 Å². The molecule has 0 amide bonds. The minimum Gasteiger partial charge on any atom is -0.330 e. The van der Waals surface area contributed by atoms with E-state index in [4.69, 9.17) is 5.73 Å². The number of thiophene rings is 1. The van der Waals surface area contributed by atoms with Crippen molar-refractivity contribution in [3.8, 4) is 0 Å². The van der Waals surface area contributed by atoms with Gasteiger partial charge in [0, 0.05) is 6.42 Å². The molecule has 0 saturated heterocycles. The summed E-state index contributed by atoms with van der Waals surface area (Å²) in [6.07, 6.45) is 0.388. The van der Waals surface area contributed by atoms with Gasteiger partial charge in [-0.15, -0.1) is 11.3 Å². The van der Waals surface area contributed by atoms with E-state index in [9.17, 15) is 8.78 Å². The first-order valence-corrected chi connectivity index (χ1v) is 5.14. The van der Waals surface area contributed by atoms with Gasteiger partial charge in [0.1, 0.15) is 0 Å². The average Bonchev–Trinajstić information content (AvgIpc) is 2.51. The first kappa shape index (κ1) is 10.6. The van der Waals surface area contributed by atoms with Crippen LogP contribution >= 0.6 is 11.3 Å². The second-order valence-electron chi connectivity index (χ2n) is 2.87.